The first kappa shape index (κ1) is 73.9. The lowest BCUT2D eigenvalue weighted by atomic mass is 9.81. The van der Waals surface area contributed by atoms with Gasteiger partial charge in [0, 0.05) is 103 Å². The van der Waals surface area contributed by atoms with Gasteiger partial charge in [-0.1, -0.05) is 40.2 Å². The molecule has 0 radical (unpaired) electrons. The molecular weight excluding hydrogens is 1340 g/mol. The number of aliphatic hydroxyl groups excluding tert-OH is 3. The summed E-state index contributed by atoms with van der Waals surface area (Å²) in [6.07, 6.45) is 8.31. The van der Waals surface area contributed by atoms with Gasteiger partial charge in [0.1, 0.15) is 79.2 Å². The minimum atomic E-state index is -0.951. The van der Waals surface area contributed by atoms with E-state index in [-0.39, 0.29) is 239 Å². The Kier molecular flexibility index (Phi) is 21.3. The molecule has 37 unspecified atom stereocenters. The van der Waals surface area contributed by atoms with Crippen molar-refractivity contribution in [2.24, 2.45) is 23.7 Å². The van der Waals surface area contributed by atoms with Gasteiger partial charge >= 0.3 is 0 Å². The molecule has 20 aliphatic rings. The van der Waals surface area contributed by atoms with Gasteiger partial charge < -0.3 is 101 Å². The molecule has 578 valence electrons. The second kappa shape index (κ2) is 30.0. The van der Waals surface area contributed by atoms with Crippen LogP contribution in [-0.2, 0) is 99.6 Å². The van der Waals surface area contributed by atoms with Crippen LogP contribution < -0.4 is 0 Å². The number of aliphatic hydroxyl groups is 3. The molecule has 0 aromatic carbocycles. The van der Waals surface area contributed by atoms with E-state index in [9.17, 15) is 29.7 Å². The van der Waals surface area contributed by atoms with Gasteiger partial charge in [0.2, 0.25) is 0 Å². The highest BCUT2D eigenvalue weighted by atomic mass is 16.8. The van der Waals surface area contributed by atoms with Gasteiger partial charge in [-0.3, -0.25) is 14.4 Å². The summed E-state index contributed by atoms with van der Waals surface area (Å²) in [4.78, 5) is 40.5. The maximum Gasteiger partial charge on any atom is 0.172 e. The average molecular weight is 1460 g/mol. The molecule has 24 heteroatoms. The lowest BCUT2D eigenvalue weighted by Crippen LogP contribution is -2.61. The Labute approximate surface area is 611 Å². The van der Waals surface area contributed by atoms with Crippen molar-refractivity contribution < 1.29 is 115 Å². The third-order valence-corrected chi connectivity index (χ3v) is 27.7. The Hall–Kier alpha value is -2.87. The molecular formula is C80H114O24. The summed E-state index contributed by atoms with van der Waals surface area (Å²) in [6.45, 7) is 21.2. The van der Waals surface area contributed by atoms with E-state index in [2.05, 4.69) is 40.2 Å². The first-order valence-electron chi connectivity index (χ1n) is 40.0. The van der Waals surface area contributed by atoms with Crippen LogP contribution in [0.5, 0.6) is 0 Å². The standard InChI is InChI=1S/C40H58O12.C40H56O12/c2*1-19-11-24-5-7-28-20(2)12-26(45-28)9-10-40-17-33-36(51-40)37-38(50-33)39(52-40)35-29(49-37)8-6-25(47-35)13-22(42)14-27-31(16-30(46-24)21(19)3)48-32(34(27)44-4)15-23(43)18-41/h19,23-39,41,43H,2-3,5-18H2,1,4H3;19,24-39,41H,2-3,5-18H2,1,4H3. The van der Waals surface area contributed by atoms with Crippen molar-refractivity contribution in [1.82, 2.24) is 0 Å². The van der Waals surface area contributed by atoms with Crippen molar-refractivity contribution in [2.75, 3.05) is 27.4 Å². The van der Waals surface area contributed by atoms with Crippen LogP contribution in [0.4, 0.5) is 0 Å². The summed E-state index contributed by atoms with van der Waals surface area (Å²) in [5.74, 6) is -1.82. The largest absolute Gasteiger partial charge is 0.394 e. The molecule has 20 aliphatic heterocycles. The van der Waals surface area contributed by atoms with Gasteiger partial charge in [-0.25, -0.2) is 0 Å². The molecule has 0 saturated carbocycles. The fourth-order valence-electron chi connectivity index (χ4n) is 22.4. The molecule has 0 aromatic heterocycles. The van der Waals surface area contributed by atoms with Crippen molar-refractivity contribution in [2.45, 2.75) is 382 Å². The molecule has 24 nitrogen and oxygen atoms in total. The third kappa shape index (κ3) is 14.2. The smallest absolute Gasteiger partial charge is 0.172 e. The quantitative estimate of drug-likeness (QED) is 0.203. The number of carbonyl (C=O) groups excluding carboxylic acids is 3. The monoisotopic (exact) mass is 1460 g/mol. The van der Waals surface area contributed by atoms with Gasteiger partial charge in [-0.15, -0.1) is 0 Å². The number of rotatable bonds is 8. The van der Waals surface area contributed by atoms with Crippen molar-refractivity contribution in [3.05, 3.63) is 48.6 Å². The van der Waals surface area contributed by atoms with Crippen molar-refractivity contribution in [3.63, 3.8) is 0 Å². The first-order chi connectivity index (χ1) is 50.2. The van der Waals surface area contributed by atoms with Crippen LogP contribution in [0.2, 0.25) is 0 Å². The Balaban J connectivity index is 0.000000154. The van der Waals surface area contributed by atoms with Crippen LogP contribution in [-0.4, -0.2) is 261 Å². The van der Waals surface area contributed by atoms with E-state index in [1.54, 1.807) is 14.2 Å². The lowest BCUT2D eigenvalue weighted by Gasteiger charge is -2.47. The zero-order chi connectivity index (χ0) is 71.8. The Bertz CT molecular complexity index is 3200. The van der Waals surface area contributed by atoms with Crippen LogP contribution in [0.25, 0.3) is 0 Å². The lowest BCUT2D eigenvalue weighted by molar-refractivity contribution is -0.292. The van der Waals surface area contributed by atoms with Gasteiger partial charge in [0.05, 0.1) is 135 Å². The van der Waals surface area contributed by atoms with Crippen molar-refractivity contribution >= 4 is 17.3 Å². The number of fused-ring (bicyclic) bond motifs is 12. The highest BCUT2D eigenvalue weighted by Crippen LogP contribution is 2.57. The highest BCUT2D eigenvalue weighted by Gasteiger charge is 2.71. The average Bonchev–Trinajstić information content (AvgIpc) is 1.46. The highest BCUT2D eigenvalue weighted by molar-refractivity contribution is 5.81. The third-order valence-electron chi connectivity index (χ3n) is 27.7. The predicted octanol–water partition coefficient (Wildman–Crippen LogP) is 7.15. The summed E-state index contributed by atoms with van der Waals surface area (Å²) in [5, 5.41) is 29.6. The maximum atomic E-state index is 14.0. The molecule has 2 spiro atoms. The van der Waals surface area contributed by atoms with E-state index in [0.29, 0.717) is 51.4 Å². The summed E-state index contributed by atoms with van der Waals surface area (Å²) in [6, 6.07) is 0. The Morgan fingerprint density at radius 3 is 1.32 bits per heavy atom. The summed E-state index contributed by atoms with van der Waals surface area (Å²) in [5.41, 5.74) is 4.31. The Morgan fingerprint density at radius 1 is 0.442 bits per heavy atom. The molecule has 0 amide bonds. The van der Waals surface area contributed by atoms with Gasteiger partial charge in [-0.05, 0) is 124 Å². The van der Waals surface area contributed by atoms with Crippen LogP contribution in [0, 0.1) is 23.7 Å². The number of ketones is 3. The van der Waals surface area contributed by atoms with Crippen molar-refractivity contribution in [3.8, 4) is 0 Å². The zero-order valence-electron chi connectivity index (χ0n) is 61.2. The maximum absolute atomic E-state index is 14.0. The number of hydrogen-bond acceptors (Lipinski definition) is 24. The van der Waals surface area contributed by atoms with E-state index in [4.69, 9.17) is 85.3 Å². The minimum absolute atomic E-state index is 0.0145. The topological polar surface area (TPSA) is 278 Å². The van der Waals surface area contributed by atoms with E-state index in [1.165, 1.54) is 0 Å². The molecule has 20 heterocycles. The molecule has 20 saturated heterocycles. The first-order valence-corrected chi connectivity index (χ1v) is 40.0. The molecule has 20 fully saturated rings. The van der Waals surface area contributed by atoms with E-state index in [0.717, 1.165) is 99.3 Å². The van der Waals surface area contributed by atoms with Gasteiger partial charge in [0.25, 0.3) is 0 Å². The molecule has 20 rings (SSSR count). The fourth-order valence-corrected chi connectivity index (χ4v) is 22.4. The molecule has 0 aromatic rings. The number of hydrogen-bond donors (Lipinski definition) is 3. The molecule has 0 aliphatic carbocycles. The predicted molar refractivity (Wildman–Crippen MR) is 368 cm³/mol. The molecule has 3 N–H and O–H groups in total. The fraction of sp³-hybridized carbons (Fsp3) is 0.863. The van der Waals surface area contributed by atoms with Gasteiger partial charge in [0.15, 0.2) is 17.4 Å². The second-order valence-corrected chi connectivity index (χ2v) is 34.6. The Morgan fingerprint density at radius 2 is 0.856 bits per heavy atom. The number of carbonyl (C=O) groups is 3. The van der Waals surface area contributed by atoms with E-state index in [1.807, 2.05) is 0 Å². The minimum Gasteiger partial charge on any atom is -0.394 e. The van der Waals surface area contributed by atoms with Crippen LogP contribution in [0.3, 0.4) is 0 Å². The summed E-state index contributed by atoms with van der Waals surface area (Å²) in [7, 11) is 3.23. The molecule has 37 atom stereocenters. The summed E-state index contributed by atoms with van der Waals surface area (Å²) >= 11 is 0. The number of Topliss-reactive ketones (excluding diaryl/α,β-unsaturated/α-hetero) is 3. The zero-order valence-corrected chi connectivity index (χ0v) is 61.2. The normalized spacial score (nSPS) is 52.0. The number of ether oxygens (including phenoxy) is 18. The number of methoxy groups -OCH3 is 2. The van der Waals surface area contributed by atoms with Crippen molar-refractivity contribution in [1.29, 1.82) is 0 Å². The molecule has 104 heavy (non-hydrogen) atoms. The van der Waals surface area contributed by atoms with Crippen LogP contribution in [0.15, 0.2) is 48.6 Å². The van der Waals surface area contributed by atoms with Gasteiger partial charge in [-0.2, -0.15) is 0 Å². The van der Waals surface area contributed by atoms with E-state index < -0.39 is 54.8 Å². The van der Waals surface area contributed by atoms with E-state index >= 15 is 0 Å². The second-order valence-electron chi connectivity index (χ2n) is 34.6. The molecule has 24 bridgehead atoms. The summed E-state index contributed by atoms with van der Waals surface area (Å²) < 4.78 is 120. The van der Waals surface area contributed by atoms with Crippen LogP contribution in [0.1, 0.15) is 181 Å². The SMILES string of the molecule is C=C1CC2CCC34CC5OC6C(OC7CCC(CC(=O)CC8C(CC9OC(CCC1O2)CC(C)C9=C)OC(CC(=O)CO)C8OC)OC7C6O3)C5O4.C=C1CC2CCC34CC5OC6C(OC7CCC(CC(=O)CC8C(CC9OC(CCC1O2)CC(C)C9=C)OC(CC(O)CO)C8OC)OC7C6O3)C5O4. The van der Waals surface area contributed by atoms with Crippen LogP contribution >= 0.6 is 0 Å².